The summed E-state index contributed by atoms with van der Waals surface area (Å²) in [5, 5.41) is -0.401. The second-order valence-electron chi connectivity index (χ2n) is 8.35. The summed E-state index contributed by atoms with van der Waals surface area (Å²) in [5.41, 5.74) is 1.02. The molecule has 0 saturated carbocycles. The van der Waals surface area contributed by atoms with Gasteiger partial charge in [-0.2, -0.15) is 8.42 Å². The van der Waals surface area contributed by atoms with E-state index in [2.05, 4.69) is 46.9 Å². The van der Waals surface area contributed by atoms with Crippen LogP contribution in [0.1, 0.15) is 47.5 Å². The lowest BCUT2D eigenvalue weighted by molar-refractivity contribution is 0.120. The van der Waals surface area contributed by atoms with Crippen molar-refractivity contribution in [1.29, 1.82) is 0 Å². The van der Waals surface area contributed by atoms with Gasteiger partial charge in [0.15, 0.2) is 8.32 Å². The molecule has 4 nitrogen and oxygen atoms in total. The van der Waals surface area contributed by atoms with Crippen LogP contribution in [-0.4, -0.2) is 34.2 Å². The third-order valence-corrected chi connectivity index (χ3v) is 11.6. The molecule has 1 heterocycles. The Labute approximate surface area is 136 Å². The van der Waals surface area contributed by atoms with Crippen molar-refractivity contribution in [1.82, 2.24) is 0 Å². The van der Waals surface area contributed by atoms with Gasteiger partial charge in [-0.3, -0.25) is 4.18 Å². The summed E-state index contributed by atoms with van der Waals surface area (Å²) in [6, 6.07) is 0. The quantitative estimate of drug-likeness (QED) is 0.433. The summed E-state index contributed by atoms with van der Waals surface area (Å²) < 4.78 is 36.4. The molecular formula is C16H30O4SSi. The van der Waals surface area contributed by atoms with Crippen molar-refractivity contribution >= 4 is 18.4 Å². The van der Waals surface area contributed by atoms with E-state index in [-0.39, 0.29) is 23.2 Å². The van der Waals surface area contributed by atoms with Crippen LogP contribution in [0.4, 0.5) is 0 Å². The maximum Gasteiger partial charge on any atom is 0.274 e. The van der Waals surface area contributed by atoms with Crippen molar-refractivity contribution in [2.45, 2.75) is 83.1 Å². The molecule has 4 atom stereocenters. The number of fused-ring (bicyclic) bond motifs is 1. The van der Waals surface area contributed by atoms with Crippen LogP contribution in [-0.2, 0) is 18.7 Å². The molecule has 0 spiro atoms. The van der Waals surface area contributed by atoms with Gasteiger partial charge in [0.05, 0.1) is 12.2 Å². The van der Waals surface area contributed by atoms with Crippen LogP contribution in [0.15, 0.2) is 11.6 Å². The van der Waals surface area contributed by atoms with Crippen LogP contribution in [0.25, 0.3) is 0 Å². The average Bonchev–Trinajstić information content (AvgIpc) is 2.28. The minimum atomic E-state index is -3.51. The van der Waals surface area contributed by atoms with Gasteiger partial charge in [-0.05, 0) is 43.8 Å². The summed E-state index contributed by atoms with van der Waals surface area (Å²) in [6.45, 7) is 15.0. The SMILES string of the molecule is C[C@@H]1CC2=C[C@@H](C)[C@@H](O[Si](C)(C)C(C)(C)C)C[C@H]2S(=O)(=O)O1. The van der Waals surface area contributed by atoms with Crippen LogP contribution in [0.3, 0.4) is 0 Å². The summed E-state index contributed by atoms with van der Waals surface area (Å²) >= 11 is 0. The molecular weight excluding hydrogens is 316 g/mol. The molecule has 1 saturated heterocycles. The first-order chi connectivity index (χ1) is 9.83. The lowest BCUT2D eigenvalue weighted by Gasteiger charge is -2.44. The average molecular weight is 347 g/mol. The molecule has 6 heteroatoms. The van der Waals surface area contributed by atoms with Crippen LogP contribution < -0.4 is 0 Å². The molecule has 0 unspecified atom stereocenters. The largest absolute Gasteiger partial charge is 0.413 e. The number of rotatable bonds is 2. The Morgan fingerprint density at radius 3 is 2.41 bits per heavy atom. The Kier molecular flexibility index (Phi) is 4.73. The van der Waals surface area contributed by atoms with Gasteiger partial charge < -0.3 is 4.43 Å². The summed E-state index contributed by atoms with van der Waals surface area (Å²) in [4.78, 5) is 0. The van der Waals surface area contributed by atoms with E-state index in [4.69, 9.17) is 8.61 Å². The fourth-order valence-electron chi connectivity index (χ4n) is 3.00. The lowest BCUT2D eigenvalue weighted by atomic mass is 9.86. The van der Waals surface area contributed by atoms with Gasteiger partial charge in [0.25, 0.3) is 10.1 Å². The molecule has 0 aromatic heterocycles. The highest BCUT2D eigenvalue weighted by Crippen LogP contribution is 2.42. The zero-order chi connectivity index (χ0) is 16.9. The maximum atomic E-state index is 12.3. The molecule has 1 fully saturated rings. The van der Waals surface area contributed by atoms with Crippen molar-refractivity contribution in [2.24, 2.45) is 5.92 Å². The topological polar surface area (TPSA) is 52.6 Å². The highest BCUT2D eigenvalue weighted by molar-refractivity contribution is 7.87. The number of hydrogen-bond donors (Lipinski definition) is 0. The van der Waals surface area contributed by atoms with Gasteiger partial charge in [0, 0.05) is 0 Å². The van der Waals surface area contributed by atoms with Crippen LogP contribution in [0.5, 0.6) is 0 Å². The van der Waals surface area contributed by atoms with E-state index < -0.39 is 23.7 Å². The Morgan fingerprint density at radius 2 is 1.86 bits per heavy atom. The van der Waals surface area contributed by atoms with Crippen LogP contribution >= 0.6 is 0 Å². The predicted molar refractivity (Wildman–Crippen MR) is 91.8 cm³/mol. The van der Waals surface area contributed by atoms with E-state index in [9.17, 15) is 8.42 Å². The number of hydrogen-bond acceptors (Lipinski definition) is 4. The Morgan fingerprint density at radius 1 is 1.27 bits per heavy atom. The highest BCUT2D eigenvalue weighted by Gasteiger charge is 2.46. The van der Waals surface area contributed by atoms with Crippen molar-refractivity contribution in [3.05, 3.63) is 11.6 Å². The van der Waals surface area contributed by atoms with E-state index in [1.807, 2.05) is 6.92 Å². The third-order valence-electron chi connectivity index (χ3n) is 5.35. The van der Waals surface area contributed by atoms with Crippen LogP contribution in [0, 0.1) is 5.92 Å². The normalized spacial score (nSPS) is 35.7. The molecule has 0 aromatic carbocycles. The zero-order valence-electron chi connectivity index (χ0n) is 14.8. The van der Waals surface area contributed by atoms with E-state index in [0.717, 1.165) is 5.57 Å². The van der Waals surface area contributed by atoms with Gasteiger partial charge in [-0.1, -0.05) is 39.3 Å². The van der Waals surface area contributed by atoms with Gasteiger partial charge in [-0.15, -0.1) is 0 Å². The second kappa shape index (κ2) is 5.72. The Balaban J connectivity index is 2.25. The van der Waals surface area contributed by atoms with Crippen molar-refractivity contribution in [2.75, 3.05) is 0 Å². The van der Waals surface area contributed by atoms with Crippen LogP contribution in [0.2, 0.25) is 18.1 Å². The van der Waals surface area contributed by atoms with E-state index in [1.165, 1.54) is 0 Å². The molecule has 2 rings (SSSR count). The first-order valence-electron chi connectivity index (χ1n) is 8.14. The molecule has 22 heavy (non-hydrogen) atoms. The molecule has 128 valence electrons. The Hall–Kier alpha value is -0.173. The van der Waals surface area contributed by atoms with Gasteiger partial charge >= 0.3 is 0 Å². The van der Waals surface area contributed by atoms with Gasteiger partial charge in [0.1, 0.15) is 5.25 Å². The smallest absolute Gasteiger partial charge is 0.274 e. The molecule has 1 aliphatic carbocycles. The minimum Gasteiger partial charge on any atom is -0.413 e. The maximum absolute atomic E-state index is 12.3. The van der Waals surface area contributed by atoms with Gasteiger partial charge in [0.2, 0.25) is 0 Å². The second-order valence-corrected chi connectivity index (χ2v) is 14.8. The van der Waals surface area contributed by atoms with E-state index in [0.29, 0.717) is 12.8 Å². The highest BCUT2D eigenvalue weighted by atomic mass is 32.2. The summed E-state index contributed by atoms with van der Waals surface area (Å²) in [7, 11) is -5.43. The fraction of sp³-hybridized carbons (Fsp3) is 0.875. The van der Waals surface area contributed by atoms with Gasteiger partial charge in [-0.25, -0.2) is 0 Å². The molecule has 0 amide bonds. The first kappa shape index (κ1) is 18.2. The molecule has 2 aliphatic rings. The third kappa shape index (κ3) is 3.50. The molecule has 0 aromatic rings. The lowest BCUT2D eigenvalue weighted by Crippen LogP contribution is -2.49. The van der Waals surface area contributed by atoms with Crippen molar-refractivity contribution < 1.29 is 17.0 Å². The minimum absolute atomic E-state index is 0.0403. The summed E-state index contributed by atoms with van der Waals surface area (Å²) in [5.74, 6) is 0.251. The predicted octanol–water partition coefficient (Wildman–Crippen LogP) is 3.85. The molecule has 0 bridgehead atoms. The van der Waals surface area contributed by atoms with Crippen molar-refractivity contribution in [3.63, 3.8) is 0 Å². The van der Waals surface area contributed by atoms with E-state index in [1.54, 1.807) is 0 Å². The molecule has 0 N–H and O–H groups in total. The molecule has 0 radical (unpaired) electrons. The zero-order valence-corrected chi connectivity index (χ0v) is 16.7. The summed E-state index contributed by atoms with van der Waals surface area (Å²) in [6.07, 6.45) is 3.05. The standard InChI is InChI=1S/C16H30O4SSi/c1-11-8-13-9-12(2)19-21(17,18)15(13)10-14(11)20-22(6,7)16(3,4)5/h8,11-12,14-15H,9-10H2,1-7H3/t11-,12-,14+,15-/m1/s1. The fourth-order valence-corrected chi connectivity index (χ4v) is 6.06. The first-order valence-corrected chi connectivity index (χ1v) is 12.5. The van der Waals surface area contributed by atoms with E-state index >= 15 is 0 Å². The van der Waals surface area contributed by atoms with Crippen molar-refractivity contribution in [3.8, 4) is 0 Å². The monoisotopic (exact) mass is 346 g/mol. The Bertz CT molecular complexity index is 559. The molecule has 1 aliphatic heterocycles.